The fourth-order valence-corrected chi connectivity index (χ4v) is 0.706. The molecule has 0 nitrogen and oxygen atoms in total. The van der Waals surface area contributed by atoms with Crippen molar-refractivity contribution in [2.24, 2.45) is 0 Å². The molecule has 0 bridgehead atoms. The molecule has 1 rings (SSSR count). The largest absolute Gasteiger partial charge is 0.207 e. The molecule has 0 saturated heterocycles. The van der Waals surface area contributed by atoms with Crippen LogP contribution in [0.25, 0.3) is 0 Å². The fourth-order valence-electron chi connectivity index (χ4n) is 0.706. The Labute approximate surface area is 68.1 Å². The molecule has 0 N–H and O–H groups in total. The quantitative estimate of drug-likeness (QED) is 0.498. The van der Waals surface area contributed by atoms with E-state index in [2.05, 4.69) is 0 Å². The molecule has 1 heteroatoms. The third-order valence-electron chi connectivity index (χ3n) is 1.28. The Morgan fingerprint density at radius 2 is 1.73 bits per heavy atom. The Kier molecular flexibility index (Phi) is 5.44. The van der Waals surface area contributed by atoms with Crippen LogP contribution >= 0.6 is 0 Å². The molecule has 0 heterocycles. The standard InChI is InChI=1S/C8H9F.C2H6/c1-7-5-3-2-4-6-8(7)9;1-2/h3-6H,2H2,1H3;1-2H3. The summed E-state index contributed by atoms with van der Waals surface area (Å²) in [6.45, 7) is 5.77. The third-order valence-corrected chi connectivity index (χ3v) is 1.28. The number of halogens is 1. The van der Waals surface area contributed by atoms with Gasteiger partial charge in [-0.1, -0.05) is 32.1 Å². The van der Waals surface area contributed by atoms with E-state index in [4.69, 9.17) is 0 Å². The van der Waals surface area contributed by atoms with Crippen molar-refractivity contribution in [3.8, 4) is 0 Å². The van der Waals surface area contributed by atoms with Gasteiger partial charge in [0.2, 0.25) is 0 Å². The predicted octanol–water partition coefficient (Wildman–Crippen LogP) is 3.77. The Morgan fingerprint density at radius 1 is 1.18 bits per heavy atom. The van der Waals surface area contributed by atoms with Gasteiger partial charge >= 0.3 is 0 Å². The Bertz CT molecular complexity index is 165. The fraction of sp³-hybridized carbons (Fsp3) is 0.400. The Morgan fingerprint density at radius 3 is 2.36 bits per heavy atom. The third kappa shape index (κ3) is 3.76. The van der Waals surface area contributed by atoms with Gasteiger partial charge in [0.1, 0.15) is 5.83 Å². The molecule has 11 heavy (non-hydrogen) atoms. The first-order valence-corrected chi connectivity index (χ1v) is 4.00. The van der Waals surface area contributed by atoms with Crippen LogP contribution in [0.15, 0.2) is 35.7 Å². The predicted molar refractivity (Wildman–Crippen MR) is 48.1 cm³/mol. The van der Waals surface area contributed by atoms with E-state index in [1.54, 1.807) is 13.0 Å². The summed E-state index contributed by atoms with van der Waals surface area (Å²) in [7, 11) is 0. The van der Waals surface area contributed by atoms with Gasteiger partial charge in [0, 0.05) is 0 Å². The maximum Gasteiger partial charge on any atom is 0.125 e. The minimum Gasteiger partial charge on any atom is -0.207 e. The second kappa shape index (κ2) is 5.90. The zero-order valence-electron chi connectivity index (χ0n) is 7.39. The average molecular weight is 154 g/mol. The summed E-state index contributed by atoms with van der Waals surface area (Å²) in [5.41, 5.74) is 0.712. The molecule has 62 valence electrons. The van der Waals surface area contributed by atoms with Crippen LogP contribution < -0.4 is 0 Å². The van der Waals surface area contributed by atoms with Crippen molar-refractivity contribution in [2.75, 3.05) is 0 Å². The second-order valence-corrected chi connectivity index (χ2v) is 2.07. The van der Waals surface area contributed by atoms with E-state index in [9.17, 15) is 4.39 Å². The molecule has 0 atom stereocenters. The molecule has 0 saturated carbocycles. The molecule has 0 unspecified atom stereocenters. The Balaban J connectivity index is 0.000000461. The smallest absolute Gasteiger partial charge is 0.125 e. The molecule has 0 fully saturated rings. The molecule has 0 amide bonds. The van der Waals surface area contributed by atoms with Crippen LogP contribution in [0.3, 0.4) is 0 Å². The summed E-state index contributed by atoms with van der Waals surface area (Å²) in [5, 5.41) is 0. The van der Waals surface area contributed by atoms with Crippen molar-refractivity contribution < 1.29 is 4.39 Å². The van der Waals surface area contributed by atoms with Crippen LogP contribution in [0.5, 0.6) is 0 Å². The molecular weight excluding hydrogens is 139 g/mol. The van der Waals surface area contributed by atoms with Crippen LogP contribution in [-0.2, 0) is 0 Å². The van der Waals surface area contributed by atoms with Gasteiger partial charge in [0.05, 0.1) is 0 Å². The second-order valence-electron chi connectivity index (χ2n) is 2.07. The van der Waals surface area contributed by atoms with Gasteiger partial charge in [-0.2, -0.15) is 0 Å². The highest BCUT2D eigenvalue weighted by Crippen LogP contribution is 2.12. The van der Waals surface area contributed by atoms with Gasteiger partial charge < -0.3 is 0 Å². The van der Waals surface area contributed by atoms with Crippen LogP contribution in [0.4, 0.5) is 4.39 Å². The topological polar surface area (TPSA) is 0 Å². The first-order chi connectivity index (χ1) is 5.30. The molecule has 0 aromatic carbocycles. The van der Waals surface area contributed by atoms with Crippen molar-refractivity contribution in [3.05, 3.63) is 35.7 Å². The molecule has 0 spiro atoms. The first-order valence-electron chi connectivity index (χ1n) is 4.00. The van der Waals surface area contributed by atoms with Gasteiger partial charge in [0.25, 0.3) is 0 Å². The van der Waals surface area contributed by atoms with E-state index in [0.717, 1.165) is 6.42 Å². The van der Waals surface area contributed by atoms with Crippen LogP contribution in [0.2, 0.25) is 0 Å². The normalized spacial score (nSPS) is 15.6. The van der Waals surface area contributed by atoms with Gasteiger partial charge in [-0.05, 0) is 25.0 Å². The summed E-state index contributed by atoms with van der Waals surface area (Å²) < 4.78 is 12.6. The van der Waals surface area contributed by atoms with Gasteiger partial charge in [-0.15, -0.1) is 0 Å². The van der Waals surface area contributed by atoms with Crippen molar-refractivity contribution in [1.29, 1.82) is 0 Å². The molecule has 0 aromatic rings. The number of hydrogen-bond acceptors (Lipinski definition) is 0. The summed E-state index contributed by atoms with van der Waals surface area (Å²) in [6.07, 6.45) is 7.90. The minimum absolute atomic E-state index is 0.122. The van der Waals surface area contributed by atoms with Gasteiger partial charge in [-0.3, -0.25) is 0 Å². The molecular formula is C10H15F. The minimum atomic E-state index is -0.122. The van der Waals surface area contributed by atoms with Crippen molar-refractivity contribution >= 4 is 0 Å². The molecule has 1 aliphatic rings. The summed E-state index contributed by atoms with van der Waals surface area (Å²) in [5.74, 6) is -0.122. The molecule has 0 aromatic heterocycles. The SMILES string of the molecule is CC.CC1=C(F)C=CCC=C1. The highest BCUT2D eigenvalue weighted by Gasteiger charge is 1.94. The van der Waals surface area contributed by atoms with Gasteiger partial charge in [0.15, 0.2) is 0 Å². The average Bonchev–Trinajstić information content (AvgIpc) is 2.22. The lowest BCUT2D eigenvalue weighted by molar-refractivity contribution is 0.658. The van der Waals surface area contributed by atoms with Crippen LogP contribution in [0, 0.1) is 0 Å². The Hall–Kier alpha value is -0.850. The highest BCUT2D eigenvalue weighted by atomic mass is 19.1. The van der Waals surface area contributed by atoms with Gasteiger partial charge in [-0.25, -0.2) is 4.39 Å². The maximum absolute atomic E-state index is 12.6. The highest BCUT2D eigenvalue weighted by molar-refractivity contribution is 5.29. The first kappa shape index (κ1) is 10.2. The van der Waals surface area contributed by atoms with E-state index in [1.165, 1.54) is 6.08 Å². The van der Waals surface area contributed by atoms with Crippen molar-refractivity contribution in [3.63, 3.8) is 0 Å². The van der Waals surface area contributed by atoms with E-state index in [1.807, 2.05) is 26.0 Å². The summed E-state index contributed by atoms with van der Waals surface area (Å²) in [6, 6.07) is 0. The van der Waals surface area contributed by atoms with E-state index < -0.39 is 0 Å². The van der Waals surface area contributed by atoms with E-state index in [0.29, 0.717) is 5.57 Å². The number of rotatable bonds is 0. The lowest BCUT2D eigenvalue weighted by Gasteiger charge is -1.87. The number of hydrogen-bond donors (Lipinski definition) is 0. The molecule has 0 radical (unpaired) electrons. The van der Waals surface area contributed by atoms with Crippen LogP contribution in [-0.4, -0.2) is 0 Å². The molecule has 0 aliphatic heterocycles. The summed E-state index contributed by atoms with van der Waals surface area (Å²) in [4.78, 5) is 0. The van der Waals surface area contributed by atoms with Crippen molar-refractivity contribution in [2.45, 2.75) is 27.2 Å². The lowest BCUT2D eigenvalue weighted by Crippen LogP contribution is -1.69. The zero-order chi connectivity index (χ0) is 8.69. The van der Waals surface area contributed by atoms with E-state index in [-0.39, 0.29) is 5.83 Å². The van der Waals surface area contributed by atoms with Crippen molar-refractivity contribution in [1.82, 2.24) is 0 Å². The van der Waals surface area contributed by atoms with Crippen LogP contribution in [0.1, 0.15) is 27.2 Å². The number of allylic oxidation sites excluding steroid dienone is 6. The monoisotopic (exact) mass is 154 g/mol. The van der Waals surface area contributed by atoms with E-state index >= 15 is 0 Å². The molecule has 1 aliphatic carbocycles. The summed E-state index contributed by atoms with van der Waals surface area (Å²) >= 11 is 0. The zero-order valence-corrected chi connectivity index (χ0v) is 7.39. The maximum atomic E-state index is 12.6. The lowest BCUT2D eigenvalue weighted by atomic mass is 10.2.